The summed E-state index contributed by atoms with van der Waals surface area (Å²) in [5, 5.41) is -0.173. The number of esters is 1. The molecule has 0 saturated carbocycles. The van der Waals surface area contributed by atoms with E-state index in [1.807, 2.05) is 0 Å². The summed E-state index contributed by atoms with van der Waals surface area (Å²) in [5.74, 6) is -2.44. The normalized spacial score (nSPS) is 12.2. The van der Waals surface area contributed by atoms with Gasteiger partial charge in [-0.15, -0.1) is 13.2 Å². The van der Waals surface area contributed by atoms with Gasteiger partial charge in [0.2, 0.25) is 5.88 Å². The first kappa shape index (κ1) is 19.5. The van der Waals surface area contributed by atoms with Crippen LogP contribution in [0, 0.1) is 0 Å². The standard InChI is InChI=1S/C12H10BrF6NO3/c1-2-22-9(21)4-6-3-7(11(14,15)16)10(20-8(6)5-13)23-12(17,18)19/h3H,2,4-5H2,1H3. The van der Waals surface area contributed by atoms with Gasteiger partial charge in [-0.2, -0.15) is 13.2 Å². The largest absolute Gasteiger partial charge is 0.574 e. The second-order valence-electron chi connectivity index (χ2n) is 4.11. The number of hydrogen-bond acceptors (Lipinski definition) is 4. The highest BCUT2D eigenvalue weighted by Crippen LogP contribution is 2.38. The predicted octanol–water partition coefficient (Wildman–Crippen LogP) is 4.00. The first-order chi connectivity index (χ1) is 10.5. The highest BCUT2D eigenvalue weighted by atomic mass is 79.9. The highest BCUT2D eigenvalue weighted by molar-refractivity contribution is 9.08. The van der Waals surface area contributed by atoms with Crippen LogP contribution in [0.15, 0.2) is 6.07 Å². The topological polar surface area (TPSA) is 48.4 Å². The summed E-state index contributed by atoms with van der Waals surface area (Å²) in [5.41, 5.74) is -2.12. The van der Waals surface area contributed by atoms with Gasteiger partial charge in [0.25, 0.3) is 0 Å². The van der Waals surface area contributed by atoms with Crippen molar-refractivity contribution < 1.29 is 40.6 Å². The van der Waals surface area contributed by atoms with Crippen LogP contribution >= 0.6 is 15.9 Å². The maximum absolute atomic E-state index is 12.9. The van der Waals surface area contributed by atoms with Crippen LogP contribution in [0.4, 0.5) is 26.3 Å². The Morgan fingerprint density at radius 3 is 2.30 bits per heavy atom. The second kappa shape index (κ2) is 7.37. The quantitative estimate of drug-likeness (QED) is 0.419. The summed E-state index contributed by atoms with van der Waals surface area (Å²) in [6.07, 6.45) is -11.0. The molecule has 0 atom stereocenters. The molecule has 0 unspecified atom stereocenters. The Labute approximate surface area is 134 Å². The Morgan fingerprint density at radius 2 is 1.87 bits per heavy atom. The van der Waals surface area contributed by atoms with Crippen LogP contribution in [0.2, 0.25) is 0 Å². The smallest absolute Gasteiger partial charge is 0.466 e. The van der Waals surface area contributed by atoms with E-state index in [2.05, 4.69) is 30.4 Å². The summed E-state index contributed by atoms with van der Waals surface area (Å²) in [6, 6.07) is 0.404. The maximum atomic E-state index is 12.9. The number of carbonyl (C=O) groups is 1. The van der Waals surface area contributed by atoms with Gasteiger partial charge in [-0.05, 0) is 18.6 Å². The second-order valence-corrected chi connectivity index (χ2v) is 4.67. The molecule has 0 amide bonds. The lowest BCUT2D eigenvalue weighted by Crippen LogP contribution is -2.22. The number of halogens is 7. The first-order valence-electron chi connectivity index (χ1n) is 6.05. The molecule has 0 N–H and O–H groups in total. The molecule has 4 nitrogen and oxygen atoms in total. The average Bonchev–Trinajstić information content (AvgIpc) is 2.37. The third-order valence-electron chi connectivity index (χ3n) is 2.44. The van der Waals surface area contributed by atoms with Crippen LogP contribution in [0.1, 0.15) is 23.7 Å². The molecular weight excluding hydrogens is 400 g/mol. The Morgan fingerprint density at radius 1 is 1.26 bits per heavy atom. The van der Waals surface area contributed by atoms with E-state index in [1.54, 1.807) is 0 Å². The fraction of sp³-hybridized carbons (Fsp3) is 0.500. The fourth-order valence-corrected chi connectivity index (χ4v) is 2.09. The van der Waals surface area contributed by atoms with E-state index in [1.165, 1.54) is 6.92 Å². The van der Waals surface area contributed by atoms with Gasteiger partial charge in [-0.1, -0.05) is 15.9 Å². The molecular formula is C12H10BrF6NO3. The molecule has 0 spiro atoms. The minimum Gasteiger partial charge on any atom is -0.466 e. The summed E-state index contributed by atoms with van der Waals surface area (Å²) in [4.78, 5) is 14.6. The van der Waals surface area contributed by atoms with Crippen molar-refractivity contribution in [3.63, 3.8) is 0 Å². The number of alkyl halides is 7. The SMILES string of the molecule is CCOC(=O)Cc1cc(C(F)(F)F)c(OC(F)(F)F)nc1CBr. The Bertz CT molecular complexity index is 573. The Kier molecular flexibility index (Phi) is 6.25. The van der Waals surface area contributed by atoms with E-state index in [0.29, 0.717) is 6.07 Å². The van der Waals surface area contributed by atoms with Crippen molar-refractivity contribution in [1.82, 2.24) is 4.98 Å². The van der Waals surface area contributed by atoms with Gasteiger partial charge in [0.15, 0.2) is 0 Å². The van der Waals surface area contributed by atoms with Crippen LogP contribution in [-0.2, 0) is 27.5 Å². The number of rotatable bonds is 5. The molecule has 0 aromatic carbocycles. The van der Waals surface area contributed by atoms with Gasteiger partial charge in [0, 0.05) is 5.33 Å². The van der Waals surface area contributed by atoms with Crippen LogP contribution in [0.25, 0.3) is 0 Å². The van der Waals surface area contributed by atoms with E-state index in [-0.39, 0.29) is 23.2 Å². The Hall–Kier alpha value is -1.52. The first-order valence-corrected chi connectivity index (χ1v) is 7.17. The van der Waals surface area contributed by atoms with Crippen LogP contribution in [-0.4, -0.2) is 23.9 Å². The summed E-state index contributed by atoms with van der Waals surface area (Å²) in [7, 11) is 0. The molecule has 1 heterocycles. The molecule has 0 saturated heterocycles. The van der Waals surface area contributed by atoms with E-state index in [4.69, 9.17) is 0 Å². The van der Waals surface area contributed by atoms with E-state index in [0.717, 1.165) is 0 Å². The zero-order valence-corrected chi connectivity index (χ0v) is 13.1. The van der Waals surface area contributed by atoms with Crippen LogP contribution < -0.4 is 4.74 Å². The van der Waals surface area contributed by atoms with Gasteiger partial charge >= 0.3 is 18.5 Å². The zero-order valence-electron chi connectivity index (χ0n) is 11.5. The molecule has 0 aliphatic carbocycles. The number of carbonyl (C=O) groups excluding carboxylic acids is 1. The molecule has 0 aliphatic heterocycles. The monoisotopic (exact) mass is 409 g/mol. The van der Waals surface area contributed by atoms with Crippen molar-refractivity contribution in [2.45, 2.75) is 31.2 Å². The summed E-state index contributed by atoms with van der Waals surface area (Å²) in [6.45, 7) is 1.51. The van der Waals surface area contributed by atoms with Crippen molar-refractivity contribution in [3.05, 3.63) is 22.9 Å². The van der Waals surface area contributed by atoms with Gasteiger partial charge in [0.1, 0.15) is 5.56 Å². The fourth-order valence-electron chi connectivity index (χ4n) is 1.60. The van der Waals surface area contributed by atoms with E-state index in [9.17, 15) is 31.1 Å². The number of aromatic nitrogens is 1. The van der Waals surface area contributed by atoms with Crippen molar-refractivity contribution in [2.75, 3.05) is 6.61 Å². The van der Waals surface area contributed by atoms with E-state index >= 15 is 0 Å². The minimum absolute atomic E-state index is 0.0112. The third-order valence-corrected chi connectivity index (χ3v) is 2.97. The van der Waals surface area contributed by atoms with Crippen LogP contribution in [0.5, 0.6) is 5.88 Å². The van der Waals surface area contributed by atoms with Crippen molar-refractivity contribution in [2.24, 2.45) is 0 Å². The molecule has 0 radical (unpaired) electrons. The maximum Gasteiger partial charge on any atom is 0.574 e. The highest BCUT2D eigenvalue weighted by Gasteiger charge is 2.41. The molecule has 130 valence electrons. The van der Waals surface area contributed by atoms with Crippen LogP contribution in [0.3, 0.4) is 0 Å². The third kappa shape index (κ3) is 5.88. The van der Waals surface area contributed by atoms with Gasteiger partial charge in [0.05, 0.1) is 18.7 Å². The molecule has 23 heavy (non-hydrogen) atoms. The Balaban J connectivity index is 3.36. The molecule has 0 aliphatic rings. The summed E-state index contributed by atoms with van der Waals surface area (Å²) < 4.78 is 83.4. The number of ether oxygens (including phenoxy) is 2. The van der Waals surface area contributed by atoms with Crippen molar-refractivity contribution in [3.8, 4) is 5.88 Å². The molecule has 0 bridgehead atoms. The lowest BCUT2D eigenvalue weighted by molar-refractivity contribution is -0.278. The number of pyridine rings is 1. The van der Waals surface area contributed by atoms with Gasteiger partial charge in [-0.3, -0.25) is 4.79 Å². The lowest BCUT2D eigenvalue weighted by Gasteiger charge is -2.17. The van der Waals surface area contributed by atoms with Crippen molar-refractivity contribution in [1.29, 1.82) is 0 Å². The summed E-state index contributed by atoms with van der Waals surface area (Å²) >= 11 is 2.89. The van der Waals surface area contributed by atoms with Crippen molar-refractivity contribution >= 4 is 21.9 Å². The number of nitrogens with zero attached hydrogens (tertiary/aromatic N) is 1. The van der Waals surface area contributed by atoms with E-state index < -0.39 is 36.4 Å². The molecule has 1 rings (SSSR count). The van der Waals surface area contributed by atoms with Gasteiger partial charge in [-0.25, -0.2) is 4.98 Å². The predicted molar refractivity (Wildman–Crippen MR) is 68.9 cm³/mol. The minimum atomic E-state index is -5.33. The molecule has 1 aromatic rings. The average molecular weight is 410 g/mol. The molecule has 1 aromatic heterocycles. The van der Waals surface area contributed by atoms with Gasteiger partial charge < -0.3 is 9.47 Å². The zero-order chi connectivity index (χ0) is 17.8. The lowest BCUT2D eigenvalue weighted by atomic mass is 10.1. The molecule has 11 heteroatoms. The number of hydrogen-bond donors (Lipinski definition) is 0. The molecule has 0 fully saturated rings.